The lowest BCUT2D eigenvalue weighted by Crippen LogP contribution is -2.25. The number of anilines is 1. The smallest absolute Gasteiger partial charge is 0.260 e. The van der Waals surface area contributed by atoms with Crippen LogP contribution in [-0.2, 0) is 13.0 Å². The number of hydrogen-bond donors (Lipinski definition) is 1. The fourth-order valence-corrected chi connectivity index (χ4v) is 7.02. The summed E-state index contributed by atoms with van der Waals surface area (Å²) >= 11 is 9.05. The Labute approximate surface area is 209 Å². The van der Waals surface area contributed by atoms with E-state index in [9.17, 15) is 4.79 Å². The molecule has 2 aromatic heterocycles. The number of likely N-dealkylation sites (N-methyl/N-ethyl adjacent to an activating group) is 1. The van der Waals surface area contributed by atoms with Crippen molar-refractivity contribution in [1.29, 1.82) is 0 Å². The highest BCUT2D eigenvalue weighted by molar-refractivity contribution is 7.23. The number of rotatable bonds is 4. The van der Waals surface area contributed by atoms with Gasteiger partial charge < -0.3 is 14.5 Å². The molecule has 1 amide bonds. The molecule has 5 aromatic rings. The lowest BCUT2D eigenvalue weighted by atomic mass is 10.0. The van der Waals surface area contributed by atoms with Crippen LogP contribution in [0.15, 0.2) is 60.7 Å². The summed E-state index contributed by atoms with van der Waals surface area (Å²) in [6.07, 6.45) is 0.926. The van der Waals surface area contributed by atoms with E-state index in [1.165, 1.54) is 10.4 Å². The number of benzene rings is 3. The quantitative estimate of drug-likeness (QED) is 0.287. The van der Waals surface area contributed by atoms with E-state index in [0.29, 0.717) is 11.3 Å². The number of aromatic nitrogens is 1. The maximum atomic E-state index is 13.5. The van der Waals surface area contributed by atoms with Gasteiger partial charge in [-0.15, -0.1) is 22.7 Å². The predicted octanol–water partition coefficient (Wildman–Crippen LogP) is 6.95. The van der Waals surface area contributed by atoms with Gasteiger partial charge in [-0.25, -0.2) is 4.98 Å². The molecule has 0 unspecified atom stereocenters. The highest BCUT2D eigenvalue weighted by atomic mass is 35.5. The number of thiazole rings is 1. The zero-order chi connectivity index (χ0) is 23.2. The molecule has 3 heterocycles. The van der Waals surface area contributed by atoms with Crippen LogP contribution >= 0.6 is 34.5 Å². The lowest BCUT2D eigenvalue weighted by Gasteiger charge is -2.22. The standard InChI is InChI=1S/C26H20ClN3O2S2/c1-30-11-10-17-22(14-30)34-26(23(17)25-28-19-8-4-5-9-21(19)33-25)29-24(31)18-12-15-6-2-3-7-16(15)13-20(18)32-27/h2-9,12-13H,10-11,14H2,1H3,(H,29,31). The van der Waals surface area contributed by atoms with Crippen LogP contribution in [-0.4, -0.2) is 29.4 Å². The fourth-order valence-electron chi connectivity index (χ4n) is 4.46. The maximum absolute atomic E-state index is 13.5. The second-order valence-electron chi connectivity index (χ2n) is 8.41. The Morgan fingerprint density at radius 1 is 1.09 bits per heavy atom. The molecule has 0 atom stereocenters. The average molecular weight is 506 g/mol. The Morgan fingerprint density at radius 2 is 1.85 bits per heavy atom. The fraction of sp³-hybridized carbons (Fsp3) is 0.154. The number of hydrogen-bond acceptors (Lipinski definition) is 6. The molecule has 0 aliphatic carbocycles. The summed E-state index contributed by atoms with van der Waals surface area (Å²) in [5.41, 5.74) is 3.69. The second-order valence-corrected chi connectivity index (χ2v) is 10.7. The Balaban J connectivity index is 1.45. The summed E-state index contributed by atoms with van der Waals surface area (Å²) in [5, 5.41) is 6.83. The number of carbonyl (C=O) groups excluding carboxylic acids is 1. The molecule has 0 radical (unpaired) electrons. The first-order valence-corrected chi connectivity index (χ1v) is 12.9. The van der Waals surface area contributed by atoms with Crippen molar-refractivity contribution in [2.45, 2.75) is 13.0 Å². The summed E-state index contributed by atoms with van der Waals surface area (Å²) in [5.74, 6) is 0.0798. The third-order valence-corrected chi connectivity index (χ3v) is 8.51. The monoisotopic (exact) mass is 505 g/mol. The molecule has 170 valence electrons. The molecule has 0 fully saturated rings. The molecular formula is C26H20ClN3O2S2. The van der Waals surface area contributed by atoms with Gasteiger partial charge in [0.25, 0.3) is 5.91 Å². The number of fused-ring (bicyclic) bond motifs is 3. The normalized spacial score (nSPS) is 13.8. The lowest BCUT2D eigenvalue weighted by molar-refractivity contribution is 0.102. The average Bonchev–Trinajstić information content (AvgIpc) is 3.43. The van der Waals surface area contributed by atoms with Gasteiger partial charge in [0.2, 0.25) is 0 Å². The van der Waals surface area contributed by atoms with Gasteiger partial charge in [0, 0.05) is 23.5 Å². The molecule has 0 bridgehead atoms. The van der Waals surface area contributed by atoms with Crippen molar-refractivity contribution in [3.8, 4) is 16.3 Å². The molecule has 8 heteroatoms. The molecule has 5 nitrogen and oxygen atoms in total. The third-order valence-electron chi connectivity index (χ3n) is 6.16. The number of nitrogens with zero attached hydrogens (tertiary/aromatic N) is 2. The summed E-state index contributed by atoms with van der Waals surface area (Å²) in [6, 6.07) is 19.6. The van der Waals surface area contributed by atoms with Crippen molar-refractivity contribution in [2.24, 2.45) is 0 Å². The van der Waals surface area contributed by atoms with Crippen molar-refractivity contribution < 1.29 is 9.08 Å². The minimum atomic E-state index is -0.254. The van der Waals surface area contributed by atoms with Crippen LogP contribution in [0.4, 0.5) is 5.00 Å². The predicted molar refractivity (Wildman–Crippen MR) is 141 cm³/mol. The van der Waals surface area contributed by atoms with Crippen LogP contribution in [0.2, 0.25) is 0 Å². The Kier molecular flexibility index (Phi) is 5.50. The first-order valence-electron chi connectivity index (χ1n) is 10.9. The van der Waals surface area contributed by atoms with Crippen molar-refractivity contribution in [3.05, 3.63) is 76.7 Å². The van der Waals surface area contributed by atoms with E-state index in [-0.39, 0.29) is 5.91 Å². The second kappa shape index (κ2) is 8.67. The largest absolute Gasteiger partial charge is 0.385 e. The van der Waals surface area contributed by atoms with Crippen LogP contribution in [0.1, 0.15) is 20.8 Å². The van der Waals surface area contributed by atoms with E-state index in [1.807, 2.05) is 48.5 Å². The minimum absolute atomic E-state index is 0.254. The maximum Gasteiger partial charge on any atom is 0.260 e. The molecule has 3 aromatic carbocycles. The van der Waals surface area contributed by atoms with Crippen molar-refractivity contribution in [1.82, 2.24) is 9.88 Å². The zero-order valence-corrected chi connectivity index (χ0v) is 20.7. The molecular weight excluding hydrogens is 486 g/mol. The van der Waals surface area contributed by atoms with Gasteiger partial charge in [0.15, 0.2) is 5.75 Å². The number of halogens is 1. The minimum Gasteiger partial charge on any atom is -0.385 e. The van der Waals surface area contributed by atoms with Crippen molar-refractivity contribution >= 4 is 66.4 Å². The molecule has 0 spiro atoms. The van der Waals surface area contributed by atoms with Crippen molar-refractivity contribution in [2.75, 3.05) is 18.9 Å². The van der Waals surface area contributed by atoms with Gasteiger partial charge in [0.1, 0.15) is 21.9 Å². The molecule has 6 rings (SSSR count). The zero-order valence-electron chi connectivity index (χ0n) is 18.3. The number of nitrogens with one attached hydrogen (secondary N) is 1. The van der Waals surface area contributed by atoms with E-state index in [1.54, 1.807) is 28.7 Å². The highest BCUT2D eigenvalue weighted by Crippen LogP contribution is 2.46. The van der Waals surface area contributed by atoms with Crippen LogP contribution in [0.3, 0.4) is 0 Å². The van der Waals surface area contributed by atoms with E-state index in [4.69, 9.17) is 21.1 Å². The van der Waals surface area contributed by atoms with E-state index in [0.717, 1.165) is 56.1 Å². The SMILES string of the molecule is CN1CCc2c(sc(NC(=O)c3cc4ccccc4cc3OCl)c2-c2nc3ccccc3s2)C1. The van der Waals surface area contributed by atoms with E-state index >= 15 is 0 Å². The van der Waals surface area contributed by atoms with E-state index < -0.39 is 0 Å². The number of para-hydroxylation sites is 1. The topological polar surface area (TPSA) is 54.5 Å². The number of thiophene rings is 1. The van der Waals surface area contributed by atoms with Gasteiger partial charge in [-0.2, -0.15) is 0 Å². The van der Waals surface area contributed by atoms with Crippen LogP contribution in [0.25, 0.3) is 31.6 Å². The van der Waals surface area contributed by atoms with Gasteiger partial charge >= 0.3 is 0 Å². The van der Waals surface area contributed by atoms with Gasteiger partial charge in [0.05, 0.1) is 15.8 Å². The molecule has 1 aliphatic rings. The summed E-state index contributed by atoms with van der Waals surface area (Å²) in [4.78, 5) is 22.0. The van der Waals surface area contributed by atoms with Gasteiger partial charge in [-0.3, -0.25) is 4.79 Å². The molecule has 1 N–H and O–H groups in total. The summed E-state index contributed by atoms with van der Waals surface area (Å²) in [6.45, 7) is 1.84. The summed E-state index contributed by atoms with van der Waals surface area (Å²) in [7, 11) is 2.12. The first-order chi connectivity index (χ1) is 16.6. The number of amides is 1. The molecule has 0 saturated carbocycles. The Hall–Kier alpha value is -2.97. The Morgan fingerprint density at radius 3 is 2.65 bits per heavy atom. The van der Waals surface area contributed by atoms with Gasteiger partial charge in [-0.1, -0.05) is 36.4 Å². The molecule has 0 saturated heterocycles. The van der Waals surface area contributed by atoms with Crippen molar-refractivity contribution in [3.63, 3.8) is 0 Å². The number of carbonyl (C=O) groups is 1. The molecule has 1 aliphatic heterocycles. The summed E-state index contributed by atoms with van der Waals surface area (Å²) < 4.78 is 6.19. The molecule has 34 heavy (non-hydrogen) atoms. The van der Waals surface area contributed by atoms with Crippen LogP contribution in [0.5, 0.6) is 5.75 Å². The van der Waals surface area contributed by atoms with Crippen LogP contribution < -0.4 is 9.61 Å². The highest BCUT2D eigenvalue weighted by Gasteiger charge is 2.27. The van der Waals surface area contributed by atoms with E-state index in [2.05, 4.69) is 23.3 Å². The van der Waals surface area contributed by atoms with Gasteiger partial charge in [-0.05, 0) is 54.1 Å². The third kappa shape index (κ3) is 3.75. The Bertz CT molecular complexity index is 1530. The first kappa shape index (κ1) is 21.6. The van der Waals surface area contributed by atoms with Crippen LogP contribution in [0, 0.1) is 0 Å².